The summed E-state index contributed by atoms with van der Waals surface area (Å²) in [6.45, 7) is 6.42. The Kier molecular flexibility index (Phi) is 5.12. The molecule has 2 aromatic rings. The van der Waals surface area contributed by atoms with Gasteiger partial charge in [-0.05, 0) is 66.1 Å². The number of hydrogen-bond acceptors (Lipinski definition) is 4. The number of rotatable bonds is 3. The minimum Gasteiger partial charge on any atom is -0.497 e. The summed E-state index contributed by atoms with van der Waals surface area (Å²) in [7, 11) is 1.66. The number of hydrogen-bond donors (Lipinski definition) is 0. The highest BCUT2D eigenvalue weighted by Gasteiger charge is 2.18. The fourth-order valence-corrected chi connectivity index (χ4v) is 3.12. The molecule has 4 nitrogen and oxygen atoms in total. The van der Waals surface area contributed by atoms with E-state index < -0.39 is 5.97 Å². The molecule has 0 aromatic heterocycles. The van der Waals surface area contributed by atoms with E-state index in [2.05, 4.69) is 25.9 Å². The van der Waals surface area contributed by atoms with E-state index in [0.29, 0.717) is 5.56 Å². The Hall–Kier alpha value is -2.62. The Labute approximate surface area is 154 Å². The highest BCUT2D eigenvalue weighted by atomic mass is 16.7. The molecule has 0 unspecified atom stereocenters. The van der Waals surface area contributed by atoms with Gasteiger partial charge in [0.2, 0.25) is 0 Å². The Bertz CT molecular complexity index is 829. The van der Waals surface area contributed by atoms with Crippen LogP contribution in [0.25, 0.3) is 0 Å². The smallest absolute Gasteiger partial charge is 0.365 e. The standard InChI is InChI=1S/C22H25NO3/c1-22(2,3)17-10-8-15(9-11-17)21(24)26-23-20-7-5-6-16-14-18(25-4)12-13-19(16)20/h8-14H,5-7H2,1-4H3. The second kappa shape index (κ2) is 7.32. The van der Waals surface area contributed by atoms with Crippen LogP contribution in [0, 0.1) is 0 Å². The summed E-state index contributed by atoms with van der Waals surface area (Å²) in [5.74, 6) is 0.402. The summed E-state index contributed by atoms with van der Waals surface area (Å²) in [5.41, 5.74) is 4.76. The van der Waals surface area contributed by atoms with Gasteiger partial charge in [-0.1, -0.05) is 38.1 Å². The van der Waals surface area contributed by atoms with Gasteiger partial charge in [0.25, 0.3) is 0 Å². The first-order valence-electron chi connectivity index (χ1n) is 8.94. The van der Waals surface area contributed by atoms with Gasteiger partial charge < -0.3 is 9.57 Å². The largest absolute Gasteiger partial charge is 0.497 e. The fourth-order valence-electron chi connectivity index (χ4n) is 3.12. The Morgan fingerprint density at radius 3 is 2.42 bits per heavy atom. The zero-order chi connectivity index (χ0) is 18.7. The highest BCUT2D eigenvalue weighted by molar-refractivity contribution is 6.03. The van der Waals surface area contributed by atoms with Crippen LogP contribution in [0.5, 0.6) is 5.75 Å². The molecule has 0 radical (unpaired) electrons. The summed E-state index contributed by atoms with van der Waals surface area (Å²) in [4.78, 5) is 17.5. The van der Waals surface area contributed by atoms with Crippen molar-refractivity contribution in [3.63, 3.8) is 0 Å². The summed E-state index contributed by atoms with van der Waals surface area (Å²) < 4.78 is 5.28. The molecule has 0 atom stereocenters. The maximum atomic E-state index is 12.3. The predicted octanol–water partition coefficient (Wildman–Crippen LogP) is 4.89. The Morgan fingerprint density at radius 1 is 1.04 bits per heavy atom. The molecule has 1 aliphatic carbocycles. The lowest BCUT2D eigenvalue weighted by atomic mass is 9.87. The van der Waals surface area contributed by atoms with Crippen molar-refractivity contribution < 1.29 is 14.4 Å². The van der Waals surface area contributed by atoms with Gasteiger partial charge in [-0.3, -0.25) is 0 Å². The fraction of sp³-hybridized carbons (Fsp3) is 0.364. The monoisotopic (exact) mass is 351 g/mol. The lowest BCUT2D eigenvalue weighted by Crippen LogP contribution is -2.14. The van der Waals surface area contributed by atoms with Crippen LogP contribution in [0.15, 0.2) is 47.6 Å². The van der Waals surface area contributed by atoms with Crippen molar-refractivity contribution in [3.8, 4) is 5.75 Å². The van der Waals surface area contributed by atoms with E-state index in [9.17, 15) is 4.79 Å². The topological polar surface area (TPSA) is 47.9 Å². The molecule has 0 heterocycles. The van der Waals surface area contributed by atoms with Crippen molar-refractivity contribution in [2.75, 3.05) is 7.11 Å². The van der Waals surface area contributed by atoms with Gasteiger partial charge >= 0.3 is 5.97 Å². The molecule has 0 spiro atoms. The van der Waals surface area contributed by atoms with Crippen molar-refractivity contribution in [1.82, 2.24) is 0 Å². The molecule has 4 heteroatoms. The zero-order valence-electron chi connectivity index (χ0n) is 15.8. The average Bonchev–Trinajstić information content (AvgIpc) is 2.64. The first kappa shape index (κ1) is 18.2. The number of carbonyl (C=O) groups excluding carboxylic acids is 1. The normalized spacial score (nSPS) is 15.5. The number of benzene rings is 2. The molecule has 0 saturated heterocycles. The molecule has 0 fully saturated rings. The lowest BCUT2D eigenvalue weighted by molar-refractivity contribution is 0.0515. The van der Waals surface area contributed by atoms with Crippen LogP contribution in [0.4, 0.5) is 0 Å². The minimum absolute atomic E-state index is 0.0511. The van der Waals surface area contributed by atoms with Gasteiger partial charge in [-0.25, -0.2) is 4.79 Å². The maximum Gasteiger partial charge on any atom is 0.365 e. The molecule has 1 aliphatic rings. The SMILES string of the molecule is COc1ccc2c(c1)CCCC2=NOC(=O)c1ccc(C(C)(C)C)cc1. The summed E-state index contributed by atoms with van der Waals surface area (Å²) in [5, 5.41) is 4.15. The average molecular weight is 351 g/mol. The predicted molar refractivity (Wildman–Crippen MR) is 103 cm³/mol. The first-order valence-corrected chi connectivity index (χ1v) is 8.94. The number of aryl methyl sites for hydroxylation is 1. The quantitative estimate of drug-likeness (QED) is 0.584. The molecule has 26 heavy (non-hydrogen) atoms. The third-order valence-corrected chi connectivity index (χ3v) is 4.71. The number of fused-ring (bicyclic) bond motifs is 1. The summed E-state index contributed by atoms with van der Waals surface area (Å²) in [6, 6.07) is 13.4. The Morgan fingerprint density at radius 2 is 1.77 bits per heavy atom. The van der Waals surface area contributed by atoms with E-state index in [1.165, 1.54) is 11.1 Å². The highest BCUT2D eigenvalue weighted by Crippen LogP contribution is 2.26. The second-order valence-electron chi connectivity index (χ2n) is 7.62. The van der Waals surface area contributed by atoms with Gasteiger partial charge in [-0.15, -0.1) is 0 Å². The molecule has 3 rings (SSSR count). The summed E-state index contributed by atoms with van der Waals surface area (Å²) >= 11 is 0. The van der Waals surface area contributed by atoms with Gasteiger partial charge in [0, 0.05) is 5.56 Å². The van der Waals surface area contributed by atoms with E-state index in [0.717, 1.165) is 36.3 Å². The van der Waals surface area contributed by atoms with Gasteiger partial charge in [0.15, 0.2) is 0 Å². The number of nitrogens with zero attached hydrogens (tertiary/aromatic N) is 1. The van der Waals surface area contributed by atoms with Gasteiger partial charge in [-0.2, -0.15) is 0 Å². The second-order valence-corrected chi connectivity index (χ2v) is 7.62. The number of carbonyl (C=O) groups is 1. The van der Waals surface area contributed by atoms with Crippen LogP contribution in [0.2, 0.25) is 0 Å². The molecule has 0 N–H and O–H groups in total. The third kappa shape index (κ3) is 3.96. The van der Waals surface area contributed by atoms with Gasteiger partial charge in [0.05, 0.1) is 18.4 Å². The molecule has 0 saturated carbocycles. The van der Waals surface area contributed by atoms with Crippen LogP contribution in [0.3, 0.4) is 0 Å². The van der Waals surface area contributed by atoms with E-state index in [4.69, 9.17) is 9.57 Å². The Balaban J connectivity index is 1.75. The molecular formula is C22H25NO3. The van der Waals surface area contributed by atoms with Crippen molar-refractivity contribution in [2.24, 2.45) is 5.16 Å². The minimum atomic E-state index is -0.432. The van der Waals surface area contributed by atoms with E-state index in [-0.39, 0.29) is 5.41 Å². The third-order valence-electron chi connectivity index (χ3n) is 4.71. The number of methoxy groups -OCH3 is 1. The van der Waals surface area contributed by atoms with Crippen molar-refractivity contribution >= 4 is 11.7 Å². The number of ether oxygens (including phenoxy) is 1. The van der Waals surface area contributed by atoms with Crippen molar-refractivity contribution in [1.29, 1.82) is 0 Å². The molecule has 0 aliphatic heterocycles. The molecule has 0 bridgehead atoms. The van der Waals surface area contributed by atoms with Crippen molar-refractivity contribution in [3.05, 3.63) is 64.7 Å². The summed E-state index contributed by atoms with van der Waals surface area (Å²) in [6.07, 6.45) is 2.76. The number of oxime groups is 1. The molecule has 0 amide bonds. The zero-order valence-corrected chi connectivity index (χ0v) is 15.8. The molecule has 2 aromatic carbocycles. The van der Waals surface area contributed by atoms with E-state index in [1.807, 2.05) is 30.3 Å². The van der Waals surface area contributed by atoms with Crippen LogP contribution < -0.4 is 4.74 Å². The van der Waals surface area contributed by atoms with Crippen LogP contribution in [-0.2, 0) is 16.7 Å². The van der Waals surface area contributed by atoms with E-state index in [1.54, 1.807) is 19.2 Å². The van der Waals surface area contributed by atoms with E-state index >= 15 is 0 Å². The first-order chi connectivity index (χ1) is 12.4. The molecule has 136 valence electrons. The van der Waals surface area contributed by atoms with Crippen molar-refractivity contribution in [2.45, 2.75) is 45.4 Å². The lowest BCUT2D eigenvalue weighted by Gasteiger charge is -2.19. The van der Waals surface area contributed by atoms with Crippen LogP contribution >= 0.6 is 0 Å². The molecular weight excluding hydrogens is 326 g/mol. The van der Waals surface area contributed by atoms with Gasteiger partial charge in [0.1, 0.15) is 5.75 Å². The van der Waals surface area contributed by atoms with Crippen LogP contribution in [-0.4, -0.2) is 18.8 Å². The maximum absolute atomic E-state index is 12.3. The van der Waals surface area contributed by atoms with Crippen LogP contribution in [0.1, 0.15) is 60.7 Å².